The van der Waals surface area contributed by atoms with Gasteiger partial charge in [-0.25, -0.2) is 4.79 Å². The maximum absolute atomic E-state index is 10.8. The van der Waals surface area contributed by atoms with Crippen LogP contribution in [0.15, 0.2) is 0 Å². The largest absolute Gasteiger partial charge is 0.466 e. The van der Waals surface area contributed by atoms with Gasteiger partial charge in [-0.1, -0.05) is 0 Å². The van der Waals surface area contributed by atoms with E-state index in [0.29, 0.717) is 0 Å². The zero-order chi connectivity index (χ0) is 11.4. The van der Waals surface area contributed by atoms with Crippen molar-refractivity contribution in [3.63, 3.8) is 0 Å². The Morgan fingerprint density at radius 3 is 2.40 bits per heavy atom. The summed E-state index contributed by atoms with van der Waals surface area (Å²) >= 11 is 0. The number of rotatable bonds is 3. The Labute approximate surface area is 84.5 Å². The molecule has 0 radical (unpaired) electrons. The summed E-state index contributed by atoms with van der Waals surface area (Å²) in [5.41, 5.74) is 10.5. The Morgan fingerprint density at radius 2 is 1.93 bits per heavy atom. The molecule has 0 fully saturated rings. The molecule has 0 spiro atoms. The minimum Gasteiger partial charge on any atom is -0.466 e. The first kappa shape index (κ1) is 10.9. The molecule has 0 saturated heterocycles. The maximum Gasteiger partial charge on any atom is 0.356 e. The predicted octanol–water partition coefficient (Wildman–Crippen LogP) is -2.06. The molecular formula is C6H10N6O3. The van der Waals surface area contributed by atoms with E-state index in [1.807, 2.05) is 0 Å². The van der Waals surface area contributed by atoms with Gasteiger partial charge < -0.3 is 26.6 Å². The van der Waals surface area contributed by atoms with Gasteiger partial charge in [0.15, 0.2) is 0 Å². The van der Waals surface area contributed by atoms with Crippen molar-refractivity contribution in [2.45, 2.75) is 6.23 Å². The quantitative estimate of drug-likeness (QED) is 0.329. The molecule has 1 aromatic rings. The molecule has 0 aromatic carbocycles. The molecular weight excluding hydrogens is 204 g/mol. The van der Waals surface area contributed by atoms with Gasteiger partial charge in [0.1, 0.15) is 0 Å². The lowest BCUT2D eigenvalue weighted by molar-refractivity contribution is -0.148. The van der Waals surface area contributed by atoms with Crippen LogP contribution in [0.4, 0.5) is 17.8 Å². The first-order chi connectivity index (χ1) is 7.02. The van der Waals surface area contributed by atoms with E-state index >= 15 is 0 Å². The topological polar surface area (TPSA) is 149 Å². The van der Waals surface area contributed by atoms with Crippen LogP contribution in [-0.2, 0) is 9.53 Å². The highest BCUT2D eigenvalue weighted by Gasteiger charge is 2.16. The van der Waals surface area contributed by atoms with Crippen LogP contribution >= 0.6 is 0 Å². The molecule has 1 atom stereocenters. The second-order valence-corrected chi connectivity index (χ2v) is 2.45. The second kappa shape index (κ2) is 4.37. The van der Waals surface area contributed by atoms with Crippen LogP contribution in [0.5, 0.6) is 0 Å². The van der Waals surface area contributed by atoms with Gasteiger partial charge >= 0.3 is 5.97 Å². The van der Waals surface area contributed by atoms with E-state index in [0.717, 1.165) is 7.11 Å². The highest BCUT2D eigenvalue weighted by molar-refractivity contribution is 5.76. The van der Waals surface area contributed by atoms with Crippen molar-refractivity contribution in [1.29, 1.82) is 0 Å². The van der Waals surface area contributed by atoms with Crippen molar-refractivity contribution >= 4 is 23.8 Å². The molecule has 9 nitrogen and oxygen atoms in total. The fourth-order valence-electron chi connectivity index (χ4n) is 0.767. The number of anilines is 3. The van der Waals surface area contributed by atoms with Gasteiger partial charge in [-0.3, -0.25) is 0 Å². The number of aromatic nitrogens is 3. The number of ether oxygens (including phenoxy) is 1. The van der Waals surface area contributed by atoms with E-state index in [2.05, 4.69) is 25.0 Å². The van der Waals surface area contributed by atoms with Crippen LogP contribution in [0.2, 0.25) is 0 Å². The third-order valence-corrected chi connectivity index (χ3v) is 1.36. The molecule has 0 bridgehead atoms. The number of carbonyl (C=O) groups is 1. The van der Waals surface area contributed by atoms with Crippen LogP contribution in [0, 0.1) is 0 Å². The molecule has 0 aliphatic heterocycles. The average Bonchev–Trinajstić information content (AvgIpc) is 2.14. The lowest BCUT2D eigenvalue weighted by Gasteiger charge is -2.10. The van der Waals surface area contributed by atoms with Gasteiger partial charge in [0.05, 0.1) is 7.11 Å². The third-order valence-electron chi connectivity index (χ3n) is 1.36. The van der Waals surface area contributed by atoms with Crippen molar-refractivity contribution in [2.75, 3.05) is 23.9 Å². The molecule has 1 heterocycles. The SMILES string of the molecule is COC(=O)C(O)Nc1nc(N)nc(N)n1. The molecule has 0 saturated carbocycles. The fraction of sp³-hybridized carbons (Fsp3) is 0.333. The van der Waals surface area contributed by atoms with Gasteiger partial charge in [0.2, 0.25) is 24.1 Å². The number of aliphatic hydroxyl groups excluding tert-OH is 1. The third kappa shape index (κ3) is 2.91. The van der Waals surface area contributed by atoms with E-state index in [-0.39, 0.29) is 17.8 Å². The first-order valence-corrected chi connectivity index (χ1v) is 3.82. The van der Waals surface area contributed by atoms with Crippen LogP contribution in [0.1, 0.15) is 0 Å². The molecule has 9 heteroatoms. The summed E-state index contributed by atoms with van der Waals surface area (Å²) in [4.78, 5) is 21.5. The van der Waals surface area contributed by atoms with Crippen LogP contribution in [0.3, 0.4) is 0 Å². The van der Waals surface area contributed by atoms with Crippen molar-refractivity contribution in [3.05, 3.63) is 0 Å². The van der Waals surface area contributed by atoms with E-state index in [1.54, 1.807) is 0 Å². The highest BCUT2D eigenvalue weighted by Crippen LogP contribution is 2.04. The molecule has 1 aromatic heterocycles. The predicted molar refractivity (Wildman–Crippen MR) is 50.3 cm³/mol. The molecule has 1 unspecified atom stereocenters. The Morgan fingerprint density at radius 1 is 1.40 bits per heavy atom. The Hall–Kier alpha value is -2.16. The Kier molecular flexibility index (Phi) is 3.18. The summed E-state index contributed by atoms with van der Waals surface area (Å²) in [7, 11) is 1.13. The van der Waals surface area contributed by atoms with Gasteiger partial charge in [0.25, 0.3) is 0 Å². The summed E-state index contributed by atoms with van der Waals surface area (Å²) in [5.74, 6) is -1.24. The lowest BCUT2D eigenvalue weighted by atomic mass is 10.6. The molecule has 0 amide bonds. The van der Waals surface area contributed by atoms with Crippen molar-refractivity contribution in [1.82, 2.24) is 15.0 Å². The molecule has 6 N–H and O–H groups in total. The Bertz CT molecular complexity index is 350. The molecule has 82 valence electrons. The second-order valence-electron chi connectivity index (χ2n) is 2.45. The fourth-order valence-corrected chi connectivity index (χ4v) is 0.767. The zero-order valence-electron chi connectivity index (χ0n) is 7.84. The van der Waals surface area contributed by atoms with Crippen molar-refractivity contribution in [3.8, 4) is 0 Å². The maximum atomic E-state index is 10.8. The number of nitrogen functional groups attached to an aromatic ring is 2. The summed E-state index contributed by atoms with van der Waals surface area (Å²) in [5, 5.41) is 11.4. The minimum atomic E-state index is -1.59. The molecule has 15 heavy (non-hydrogen) atoms. The number of carbonyl (C=O) groups excluding carboxylic acids is 1. The van der Waals surface area contributed by atoms with Gasteiger partial charge in [-0.05, 0) is 0 Å². The highest BCUT2D eigenvalue weighted by atomic mass is 16.5. The monoisotopic (exact) mass is 214 g/mol. The molecule has 0 aliphatic rings. The summed E-state index contributed by atoms with van der Waals surface area (Å²) in [6.45, 7) is 0. The van der Waals surface area contributed by atoms with Crippen LogP contribution in [0.25, 0.3) is 0 Å². The van der Waals surface area contributed by atoms with Crippen LogP contribution < -0.4 is 16.8 Å². The minimum absolute atomic E-state index is 0.113. The lowest BCUT2D eigenvalue weighted by Crippen LogP contribution is -2.31. The van der Waals surface area contributed by atoms with Crippen molar-refractivity contribution in [2.24, 2.45) is 0 Å². The standard InChI is InChI=1S/C6H10N6O3/c1-15-3(14)2(13)9-6-11-4(7)10-5(8)12-6/h2,13H,1H3,(H5,7,8,9,10,11,12). The summed E-state index contributed by atoms with van der Waals surface area (Å²) < 4.78 is 4.26. The van der Waals surface area contributed by atoms with Gasteiger partial charge in [-0.15, -0.1) is 0 Å². The Balaban J connectivity index is 2.76. The number of esters is 1. The normalized spacial score (nSPS) is 11.9. The van der Waals surface area contributed by atoms with E-state index < -0.39 is 12.2 Å². The van der Waals surface area contributed by atoms with Crippen LogP contribution in [-0.4, -0.2) is 39.4 Å². The van der Waals surface area contributed by atoms with E-state index in [4.69, 9.17) is 11.5 Å². The number of hydrogen-bond acceptors (Lipinski definition) is 9. The number of hydrogen-bond donors (Lipinski definition) is 4. The first-order valence-electron chi connectivity index (χ1n) is 3.82. The molecule has 0 aliphatic carbocycles. The van der Waals surface area contributed by atoms with E-state index in [1.165, 1.54) is 0 Å². The summed E-state index contributed by atoms with van der Waals surface area (Å²) in [6.07, 6.45) is -1.59. The van der Waals surface area contributed by atoms with Gasteiger partial charge in [-0.2, -0.15) is 15.0 Å². The molecule has 1 rings (SSSR count). The number of nitrogens with one attached hydrogen (secondary N) is 1. The van der Waals surface area contributed by atoms with Crippen molar-refractivity contribution < 1.29 is 14.6 Å². The number of nitrogens with zero attached hydrogens (tertiary/aromatic N) is 3. The zero-order valence-corrected chi connectivity index (χ0v) is 7.84. The van der Waals surface area contributed by atoms with E-state index in [9.17, 15) is 9.90 Å². The van der Waals surface area contributed by atoms with Gasteiger partial charge in [0, 0.05) is 0 Å². The number of methoxy groups -OCH3 is 1. The number of nitrogens with two attached hydrogens (primary N) is 2. The average molecular weight is 214 g/mol. The summed E-state index contributed by atoms with van der Waals surface area (Å²) in [6, 6.07) is 0. The smallest absolute Gasteiger partial charge is 0.356 e. The number of aliphatic hydroxyl groups is 1.